The Morgan fingerprint density at radius 2 is 2.12 bits per heavy atom. The summed E-state index contributed by atoms with van der Waals surface area (Å²) in [4.78, 5) is 25.7. The van der Waals surface area contributed by atoms with Crippen molar-refractivity contribution in [1.82, 2.24) is 10.2 Å². The Bertz CT molecular complexity index is 327. The Labute approximate surface area is 103 Å². The molecule has 0 aromatic heterocycles. The molecule has 0 radical (unpaired) electrons. The largest absolute Gasteiger partial charge is 0.343 e. The molecule has 1 N–H and O–H groups in total. The fourth-order valence-corrected chi connectivity index (χ4v) is 2.72. The summed E-state index contributed by atoms with van der Waals surface area (Å²) in [6.07, 6.45) is 3.41. The zero-order chi connectivity index (χ0) is 12.6. The third-order valence-corrected chi connectivity index (χ3v) is 3.79. The monoisotopic (exact) mass is 238 g/mol. The van der Waals surface area contributed by atoms with Crippen LogP contribution in [0.1, 0.15) is 40.0 Å². The molecule has 3 unspecified atom stereocenters. The second kappa shape index (κ2) is 4.67. The lowest BCUT2D eigenvalue weighted by molar-refractivity contribution is -0.146. The van der Waals surface area contributed by atoms with Crippen LogP contribution in [0.15, 0.2) is 0 Å². The minimum absolute atomic E-state index is 0.00884. The van der Waals surface area contributed by atoms with Gasteiger partial charge >= 0.3 is 0 Å². The number of amides is 2. The first kappa shape index (κ1) is 12.4. The molecule has 1 aliphatic carbocycles. The topological polar surface area (TPSA) is 49.4 Å². The van der Waals surface area contributed by atoms with Crippen LogP contribution in [0.5, 0.6) is 0 Å². The molecule has 0 spiro atoms. The predicted molar refractivity (Wildman–Crippen MR) is 65.3 cm³/mol. The van der Waals surface area contributed by atoms with Crippen molar-refractivity contribution in [3.8, 4) is 0 Å². The molecule has 1 saturated heterocycles. The molecule has 0 aromatic carbocycles. The minimum Gasteiger partial charge on any atom is -0.343 e. The van der Waals surface area contributed by atoms with Crippen LogP contribution in [0.3, 0.4) is 0 Å². The Hall–Kier alpha value is -1.06. The molecule has 2 amide bonds. The Kier molecular flexibility index (Phi) is 3.40. The van der Waals surface area contributed by atoms with E-state index in [0.29, 0.717) is 12.0 Å². The van der Waals surface area contributed by atoms with E-state index in [9.17, 15) is 9.59 Å². The van der Waals surface area contributed by atoms with Crippen molar-refractivity contribution in [3.63, 3.8) is 0 Å². The van der Waals surface area contributed by atoms with Crippen molar-refractivity contribution < 1.29 is 9.59 Å². The third kappa shape index (κ3) is 2.45. The summed E-state index contributed by atoms with van der Waals surface area (Å²) in [5.41, 5.74) is 0. The van der Waals surface area contributed by atoms with Gasteiger partial charge < -0.3 is 10.2 Å². The van der Waals surface area contributed by atoms with Crippen molar-refractivity contribution in [1.29, 1.82) is 0 Å². The number of rotatable bonds is 4. The summed E-state index contributed by atoms with van der Waals surface area (Å²) in [7, 11) is 0. The highest BCUT2D eigenvalue weighted by Gasteiger charge is 2.47. The first-order chi connectivity index (χ1) is 8.04. The van der Waals surface area contributed by atoms with E-state index in [1.165, 1.54) is 6.42 Å². The van der Waals surface area contributed by atoms with E-state index in [4.69, 9.17) is 0 Å². The molecule has 1 saturated carbocycles. The summed E-state index contributed by atoms with van der Waals surface area (Å²) in [5.74, 6) is 0.897. The van der Waals surface area contributed by atoms with Gasteiger partial charge in [-0.05, 0) is 24.7 Å². The molecule has 96 valence electrons. The first-order valence-electron chi connectivity index (χ1n) is 6.64. The van der Waals surface area contributed by atoms with Crippen LogP contribution in [-0.4, -0.2) is 35.3 Å². The maximum atomic E-state index is 12.3. The van der Waals surface area contributed by atoms with E-state index in [2.05, 4.69) is 12.2 Å². The van der Waals surface area contributed by atoms with Crippen molar-refractivity contribution in [3.05, 3.63) is 0 Å². The quantitative estimate of drug-likeness (QED) is 0.799. The predicted octanol–water partition coefficient (Wildman–Crippen LogP) is 1.16. The number of carbonyl (C=O) groups excluding carboxylic acids is 2. The van der Waals surface area contributed by atoms with E-state index in [1.54, 1.807) is 0 Å². The normalized spacial score (nSPS) is 32.9. The highest BCUT2D eigenvalue weighted by Crippen LogP contribution is 2.40. The van der Waals surface area contributed by atoms with Crippen molar-refractivity contribution in [2.24, 2.45) is 11.8 Å². The number of carbonyl (C=O) groups is 2. The first-order valence-corrected chi connectivity index (χ1v) is 6.64. The lowest BCUT2D eigenvalue weighted by Gasteiger charge is -2.34. The summed E-state index contributed by atoms with van der Waals surface area (Å²) in [5, 5.41) is 2.79. The molecule has 3 atom stereocenters. The molecular weight excluding hydrogens is 216 g/mol. The molecule has 0 bridgehead atoms. The maximum absolute atomic E-state index is 12.3. The number of nitrogens with zero attached hydrogens (tertiary/aromatic N) is 1. The fourth-order valence-electron chi connectivity index (χ4n) is 2.72. The van der Waals surface area contributed by atoms with Crippen LogP contribution in [0.25, 0.3) is 0 Å². The van der Waals surface area contributed by atoms with Gasteiger partial charge in [0.25, 0.3) is 0 Å². The highest BCUT2D eigenvalue weighted by atomic mass is 16.2. The Morgan fingerprint density at radius 3 is 2.71 bits per heavy atom. The molecule has 1 heterocycles. The molecule has 2 fully saturated rings. The highest BCUT2D eigenvalue weighted by molar-refractivity contribution is 5.95. The van der Waals surface area contributed by atoms with Crippen LogP contribution >= 0.6 is 0 Å². The second-order valence-electron chi connectivity index (χ2n) is 5.61. The van der Waals surface area contributed by atoms with E-state index < -0.39 is 0 Å². The lowest BCUT2D eigenvalue weighted by atomic mass is 10.0. The molecule has 17 heavy (non-hydrogen) atoms. The van der Waals surface area contributed by atoms with Crippen molar-refractivity contribution in [2.75, 3.05) is 6.54 Å². The summed E-state index contributed by atoms with van der Waals surface area (Å²) >= 11 is 0. The van der Waals surface area contributed by atoms with Crippen molar-refractivity contribution >= 4 is 11.8 Å². The van der Waals surface area contributed by atoms with Crippen LogP contribution < -0.4 is 5.32 Å². The number of hydrogen-bond acceptors (Lipinski definition) is 2. The van der Waals surface area contributed by atoms with Gasteiger partial charge in [-0.15, -0.1) is 0 Å². The van der Waals surface area contributed by atoms with Gasteiger partial charge in [0.1, 0.15) is 6.04 Å². The second-order valence-corrected chi connectivity index (χ2v) is 5.61. The van der Waals surface area contributed by atoms with Gasteiger partial charge in [0.05, 0.1) is 6.54 Å². The molecule has 2 rings (SSSR count). The molecule has 0 aromatic rings. The molecular formula is C13H22N2O2. The molecule has 2 aliphatic rings. The van der Waals surface area contributed by atoms with Gasteiger partial charge in [0.15, 0.2) is 0 Å². The number of hydrogen-bond donors (Lipinski definition) is 1. The van der Waals surface area contributed by atoms with Gasteiger partial charge in [0.2, 0.25) is 11.8 Å². The van der Waals surface area contributed by atoms with E-state index >= 15 is 0 Å². The van der Waals surface area contributed by atoms with Crippen LogP contribution in [0, 0.1) is 11.8 Å². The summed E-state index contributed by atoms with van der Waals surface area (Å²) in [6.45, 7) is 6.37. The molecule has 1 aliphatic heterocycles. The number of nitrogens with one attached hydrogen (secondary N) is 1. The molecule has 4 nitrogen and oxygen atoms in total. The van der Waals surface area contributed by atoms with Gasteiger partial charge in [-0.25, -0.2) is 0 Å². The number of piperazine rings is 1. The SMILES string of the molecule is CCCC1CC1N1CC(=O)NC(C(C)C)C1=O. The van der Waals surface area contributed by atoms with Crippen LogP contribution in [0.4, 0.5) is 0 Å². The van der Waals surface area contributed by atoms with E-state index in [-0.39, 0.29) is 30.3 Å². The maximum Gasteiger partial charge on any atom is 0.246 e. The average Bonchev–Trinajstić information content (AvgIpc) is 3.00. The smallest absolute Gasteiger partial charge is 0.246 e. The lowest BCUT2D eigenvalue weighted by Crippen LogP contribution is -2.60. The van der Waals surface area contributed by atoms with Gasteiger partial charge in [-0.3, -0.25) is 9.59 Å². The Balaban J connectivity index is 2.02. The standard InChI is InChI=1S/C13H22N2O2/c1-4-5-9-6-10(9)15-7-11(16)14-12(8(2)3)13(15)17/h8-10,12H,4-7H2,1-3H3,(H,14,16). The van der Waals surface area contributed by atoms with Gasteiger partial charge in [0, 0.05) is 6.04 Å². The fraction of sp³-hybridized carbons (Fsp3) is 0.846. The van der Waals surface area contributed by atoms with Crippen LogP contribution in [0.2, 0.25) is 0 Å². The third-order valence-electron chi connectivity index (χ3n) is 3.79. The van der Waals surface area contributed by atoms with Crippen LogP contribution in [-0.2, 0) is 9.59 Å². The zero-order valence-corrected chi connectivity index (χ0v) is 10.9. The van der Waals surface area contributed by atoms with E-state index in [1.807, 2.05) is 18.7 Å². The zero-order valence-electron chi connectivity index (χ0n) is 10.9. The summed E-state index contributed by atoms with van der Waals surface area (Å²) in [6, 6.07) is 0.00822. The molecule has 4 heteroatoms. The van der Waals surface area contributed by atoms with Crippen molar-refractivity contribution in [2.45, 2.75) is 52.1 Å². The van der Waals surface area contributed by atoms with Gasteiger partial charge in [-0.1, -0.05) is 27.2 Å². The Morgan fingerprint density at radius 1 is 1.41 bits per heavy atom. The van der Waals surface area contributed by atoms with E-state index in [0.717, 1.165) is 12.8 Å². The average molecular weight is 238 g/mol. The summed E-state index contributed by atoms with van der Waals surface area (Å²) < 4.78 is 0. The minimum atomic E-state index is -0.320. The van der Waals surface area contributed by atoms with Gasteiger partial charge in [-0.2, -0.15) is 0 Å².